The maximum absolute atomic E-state index is 10.6. The largest absolute Gasteiger partial charge is 0.490 e. The van der Waals surface area contributed by atoms with Crippen molar-refractivity contribution >= 4 is 17.8 Å². The SMILES string of the molecule is COc1cc(N2CC3(C2)OCCC3COCc2ccncc2)ncn1.O=C(O)C(F)(F)F.O=C(O)C(F)(F)F. The zero-order valence-electron chi connectivity index (χ0n) is 20.3. The molecule has 11 nitrogen and oxygen atoms in total. The Kier molecular flexibility index (Phi) is 10.8. The lowest BCUT2D eigenvalue weighted by atomic mass is 9.81. The van der Waals surface area contributed by atoms with Crippen LogP contribution in [0.3, 0.4) is 0 Å². The maximum Gasteiger partial charge on any atom is 0.490 e. The van der Waals surface area contributed by atoms with Crippen LogP contribution >= 0.6 is 0 Å². The van der Waals surface area contributed by atoms with E-state index in [9.17, 15) is 26.3 Å². The number of nitrogens with zero attached hydrogens (tertiary/aromatic N) is 4. The van der Waals surface area contributed by atoms with Crippen LogP contribution < -0.4 is 9.64 Å². The molecule has 1 spiro atoms. The van der Waals surface area contributed by atoms with Gasteiger partial charge in [0, 0.05) is 31.0 Å². The van der Waals surface area contributed by atoms with Gasteiger partial charge in [-0.05, 0) is 24.1 Å². The minimum atomic E-state index is -5.08. The molecule has 4 heterocycles. The summed E-state index contributed by atoms with van der Waals surface area (Å²) in [5.41, 5.74) is 1.03. The van der Waals surface area contributed by atoms with Crippen LogP contribution in [-0.4, -0.2) is 88.5 Å². The molecule has 2 fully saturated rings. The van der Waals surface area contributed by atoms with Crippen molar-refractivity contribution in [3.05, 3.63) is 42.5 Å². The van der Waals surface area contributed by atoms with Crippen molar-refractivity contribution in [2.45, 2.75) is 31.0 Å². The van der Waals surface area contributed by atoms with E-state index in [1.807, 2.05) is 18.2 Å². The van der Waals surface area contributed by atoms with Crippen LogP contribution in [0.5, 0.6) is 5.88 Å². The summed E-state index contributed by atoms with van der Waals surface area (Å²) in [5, 5.41) is 14.2. The highest BCUT2D eigenvalue weighted by atomic mass is 19.4. The summed E-state index contributed by atoms with van der Waals surface area (Å²) < 4.78 is 80.7. The van der Waals surface area contributed by atoms with E-state index in [4.69, 9.17) is 34.0 Å². The molecule has 2 aliphatic heterocycles. The van der Waals surface area contributed by atoms with Crippen LogP contribution in [0.15, 0.2) is 36.9 Å². The first-order chi connectivity index (χ1) is 18.2. The van der Waals surface area contributed by atoms with E-state index in [1.165, 1.54) is 6.33 Å². The molecular formula is C22H24F6N4O7. The van der Waals surface area contributed by atoms with E-state index in [1.54, 1.807) is 19.5 Å². The number of aromatic nitrogens is 3. The summed E-state index contributed by atoms with van der Waals surface area (Å²) in [7, 11) is 1.61. The Morgan fingerprint density at radius 2 is 1.64 bits per heavy atom. The van der Waals surface area contributed by atoms with E-state index < -0.39 is 24.3 Å². The topological polar surface area (TPSA) is 144 Å². The highest BCUT2D eigenvalue weighted by Crippen LogP contribution is 2.41. The van der Waals surface area contributed by atoms with Gasteiger partial charge in [-0.3, -0.25) is 4.98 Å². The van der Waals surface area contributed by atoms with Gasteiger partial charge in [0.15, 0.2) is 0 Å². The third kappa shape index (κ3) is 9.51. The van der Waals surface area contributed by atoms with Gasteiger partial charge < -0.3 is 29.3 Å². The molecule has 17 heteroatoms. The quantitative estimate of drug-likeness (QED) is 0.495. The Morgan fingerprint density at radius 1 is 1.08 bits per heavy atom. The summed E-state index contributed by atoms with van der Waals surface area (Å²) in [6.07, 6.45) is -4.02. The molecule has 0 bridgehead atoms. The molecule has 0 saturated carbocycles. The van der Waals surface area contributed by atoms with Crippen LogP contribution in [0.1, 0.15) is 12.0 Å². The average molecular weight is 570 g/mol. The van der Waals surface area contributed by atoms with Crippen LogP contribution in [0.4, 0.5) is 32.2 Å². The number of hydrogen-bond acceptors (Lipinski definition) is 9. The predicted molar refractivity (Wildman–Crippen MR) is 119 cm³/mol. The Hall–Kier alpha value is -3.73. The number of carbonyl (C=O) groups is 2. The van der Waals surface area contributed by atoms with Gasteiger partial charge in [0.25, 0.3) is 0 Å². The van der Waals surface area contributed by atoms with Gasteiger partial charge in [-0.1, -0.05) is 0 Å². The molecule has 2 aromatic rings. The molecule has 0 aliphatic carbocycles. The molecule has 39 heavy (non-hydrogen) atoms. The Labute approximate surface area is 217 Å². The lowest BCUT2D eigenvalue weighted by Crippen LogP contribution is -2.65. The monoisotopic (exact) mass is 570 g/mol. The number of carboxylic acids is 2. The third-order valence-electron chi connectivity index (χ3n) is 5.50. The number of methoxy groups -OCH3 is 1. The lowest BCUT2D eigenvalue weighted by molar-refractivity contribution is -0.193. The minimum Gasteiger partial charge on any atom is -0.481 e. The molecule has 0 radical (unpaired) electrons. The molecule has 0 amide bonds. The van der Waals surface area contributed by atoms with Crippen LogP contribution in [0, 0.1) is 5.92 Å². The van der Waals surface area contributed by atoms with Crippen molar-refractivity contribution in [1.82, 2.24) is 15.0 Å². The zero-order chi connectivity index (χ0) is 29.3. The maximum atomic E-state index is 10.6. The second-order valence-corrected chi connectivity index (χ2v) is 8.15. The lowest BCUT2D eigenvalue weighted by Gasteiger charge is -2.50. The zero-order valence-corrected chi connectivity index (χ0v) is 20.3. The van der Waals surface area contributed by atoms with Crippen molar-refractivity contribution in [3.63, 3.8) is 0 Å². The normalized spacial score (nSPS) is 17.7. The first-order valence-corrected chi connectivity index (χ1v) is 11.0. The number of alkyl halides is 6. The van der Waals surface area contributed by atoms with Crippen molar-refractivity contribution < 1.29 is 60.4 Å². The Bertz CT molecular complexity index is 1060. The molecule has 2 N–H and O–H groups in total. The number of hydrogen-bond donors (Lipinski definition) is 2. The van der Waals surface area contributed by atoms with Gasteiger partial charge in [-0.25, -0.2) is 19.6 Å². The summed E-state index contributed by atoms with van der Waals surface area (Å²) in [6.45, 7) is 3.78. The molecule has 4 rings (SSSR count). The van der Waals surface area contributed by atoms with Gasteiger partial charge in [0.2, 0.25) is 5.88 Å². The van der Waals surface area contributed by atoms with Crippen molar-refractivity contribution in [2.75, 3.05) is 38.3 Å². The van der Waals surface area contributed by atoms with Crippen molar-refractivity contribution in [3.8, 4) is 5.88 Å². The fraction of sp³-hybridized carbons (Fsp3) is 0.500. The molecule has 2 aromatic heterocycles. The summed E-state index contributed by atoms with van der Waals surface area (Å²) in [6, 6.07) is 5.82. The molecule has 2 saturated heterocycles. The van der Waals surface area contributed by atoms with E-state index in [-0.39, 0.29) is 5.60 Å². The summed E-state index contributed by atoms with van der Waals surface area (Å²) in [5.74, 6) is -3.64. The summed E-state index contributed by atoms with van der Waals surface area (Å²) in [4.78, 5) is 32.4. The number of ether oxygens (including phenoxy) is 3. The minimum absolute atomic E-state index is 0.115. The van der Waals surface area contributed by atoms with Crippen molar-refractivity contribution in [1.29, 1.82) is 0 Å². The fourth-order valence-electron chi connectivity index (χ4n) is 3.54. The van der Waals surface area contributed by atoms with E-state index in [0.717, 1.165) is 37.5 Å². The summed E-state index contributed by atoms with van der Waals surface area (Å²) >= 11 is 0. The first-order valence-electron chi connectivity index (χ1n) is 11.0. The fourth-order valence-corrected chi connectivity index (χ4v) is 3.54. The molecule has 1 atom stereocenters. The smallest absolute Gasteiger partial charge is 0.481 e. The van der Waals surface area contributed by atoms with E-state index in [2.05, 4.69) is 19.9 Å². The number of anilines is 1. The highest BCUT2D eigenvalue weighted by Gasteiger charge is 2.53. The van der Waals surface area contributed by atoms with Crippen LogP contribution in [0.2, 0.25) is 0 Å². The van der Waals surface area contributed by atoms with Gasteiger partial charge in [-0.15, -0.1) is 0 Å². The van der Waals surface area contributed by atoms with Gasteiger partial charge >= 0.3 is 24.3 Å². The second kappa shape index (κ2) is 13.4. The predicted octanol–water partition coefficient (Wildman–Crippen LogP) is 2.96. The second-order valence-electron chi connectivity index (χ2n) is 8.15. The Balaban J connectivity index is 0.000000317. The molecule has 2 aliphatic rings. The average Bonchev–Trinajstić information content (AvgIpc) is 3.27. The van der Waals surface area contributed by atoms with Gasteiger partial charge in [-0.2, -0.15) is 26.3 Å². The Morgan fingerprint density at radius 3 is 2.15 bits per heavy atom. The number of rotatable bonds is 6. The van der Waals surface area contributed by atoms with E-state index >= 15 is 0 Å². The van der Waals surface area contributed by atoms with Crippen LogP contribution in [0.25, 0.3) is 0 Å². The van der Waals surface area contributed by atoms with Gasteiger partial charge in [0.05, 0.1) is 33.4 Å². The highest BCUT2D eigenvalue weighted by molar-refractivity contribution is 5.73. The first kappa shape index (κ1) is 31.5. The van der Waals surface area contributed by atoms with E-state index in [0.29, 0.717) is 25.0 Å². The number of pyridine rings is 1. The molecule has 216 valence electrons. The van der Waals surface area contributed by atoms with Crippen molar-refractivity contribution in [2.24, 2.45) is 5.92 Å². The number of halogens is 6. The molecular weight excluding hydrogens is 546 g/mol. The number of aliphatic carboxylic acids is 2. The number of carboxylic acid groups (broad SMARTS) is 2. The third-order valence-corrected chi connectivity index (χ3v) is 5.50. The molecule has 0 aromatic carbocycles. The van der Waals surface area contributed by atoms with Crippen LogP contribution in [-0.2, 0) is 25.7 Å². The standard InChI is InChI=1S/C18H22N4O3.2C2HF3O2/c1-23-17-8-16(20-13-21-17)22-11-18(12-22)15(4-7-25-18)10-24-9-14-2-5-19-6-3-14;2*3-2(4,5)1(6)7/h2-3,5-6,8,13,15H,4,7,9-12H2,1H3;2*(H,6,7). The molecule has 1 unspecified atom stereocenters. The van der Waals surface area contributed by atoms with Gasteiger partial charge in [0.1, 0.15) is 17.7 Å².